The lowest BCUT2D eigenvalue weighted by Gasteiger charge is -2.13. The van der Waals surface area contributed by atoms with Crippen LogP contribution in [0.4, 0.5) is 10.5 Å². The third kappa shape index (κ3) is 10.3. The summed E-state index contributed by atoms with van der Waals surface area (Å²) in [4.78, 5) is 16.4. The molecule has 1 atom stereocenters. The van der Waals surface area contributed by atoms with Crippen molar-refractivity contribution in [1.29, 1.82) is 0 Å². The van der Waals surface area contributed by atoms with Crippen molar-refractivity contribution in [2.75, 3.05) is 25.0 Å². The Labute approximate surface area is 237 Å². The predicted octanol–water partition coefficient (Wildman–Crippen LogP) is 4.74. The summed E-state index contributed by atoms with van der Waals surface area (Å²) >= 11 is 0. The maximum Gasteiger partial charge on any atom is 0.319 e. The number of carbonyl (C=O) groups excluding carboxylic acids is 1. The highest BCUT2D eigenvalue weighted by molar-refractivity contribution is 7.89. The molecule has 1 aromatic heterocycles. The van der Waals surface area contributed by atoms with Crippen molar-refractivity contribution in [3.05, 3.63) is 78.1 Å². The molecule has 2 aromatic carbocycles. The molecule has 0 aliphatic rings. The second-order valence-electron chi connectivity index (χ2n) is 9.86. The number of aromatic nitrogens is 1. The van der Waals surface area contributed by atoms with Crippen molar-refractivity contribution in [3.8, 4) is 11.1 Å². The Balaban J connectivity index is 1.57. The number of hydrogen-bond acceptors (Lipinski definition) is 6. The molecule has 0 fully saturated rings. The molecule has 3 rings (SSSR count). The summed E-state index contributed by atoms with van der Waals surface area (Å²) in [6, 6.07) is 15.4. The smallest absolute Gasteiger partial charge is 0.319 e. The van der Waals surface area contributed by atoms with E-state index >= 15 is 0 Å². The SMILES string of the molecule is CCCCCCCCNC(=O)Nc1ccc(S(N)(=O)=O)c(-c2ccc(CCNCC(O)c3cccnc3)cc2)c1. The first-order valence-electron chi connectivity index (χ1n) is 13.9. The highest BCUT2D eigenvalue weighted by atomic mass is 32.2. The Morgan fingerprint density at radius 3 is 2.45 bits per heavy atom. The molecule has 1 unspecified atom stereocenters. The van der Waals surface area contributed by atoms with Gasteiger partial charge in [0.25, 0.3) is 0 Å². The number of aliphatic hydroxyl groups is 1. The minimum Gasteiger partial charge on any atom is -0.387 e. The zero-order valence-electron chi connectivity index (χ0n) is 23.1. The van der Waals surface area contributed by atoms with Crippen LogP contribution in [0.5, 0.6) is 0 Å². The summed E-state index contributed by atoms with van der Waals surface area (Å²) in [7, 11) is -3.98. The summed E-state index contributed by atoms with van der Waals surface area (Å²) in [5, 5.41) is 24.6. The summed E-state index contributed by atoms with van der Waals surface area (Å²) in [5.74, 6) is 0. The maximum absolute atomic E-state index is 12.4. The van der Waals surface area contributed by atoms with Gasteiger partial charge < -0.3 is 21.1 Å². The number of rotatable bonds is 16. The fourth-order valence-electron chi connectivity index (χ4n) is 4.38. The molecule has 0 saturated carbocycles. The maximum atomic E-state index is 12.4. The molecule has 0 bridgehead atoms. The molecule has 3 aromatic rings. The van der Waals surface area contributed by atoms with Gasteiger partial charge in [-0.1, -0.05) is 69.4 Å². The number of hydrogen-bond donors (Lipinski definition) is 5. The number of carbonyl (C=O) groups is 1. The van der Waals surface area contributed by atoms with Crippen molar-refractivity contribution in [1.82, 2.24) is 15.6 Å². The van der Waals surface area contributed by atoms with Crippen molar-refractivity contribution >= 4 is 21.7 Å². The number of nitrogens with one attached hydrogen (secondary N) is 3. The summed E-state index contributed by atoms with van der Waals surface area (Å²) < 4.78 is 24.5. The van der Waals surface area contributed by atoms with E-state index in [0.717, 1.165) is 30.4 Å². The van der Waals surface area contributed by atoms with E-state index in [1.54, 1.807) is 24.5 Å². The number of nitrogens with zero attached hydrogens (tertiary/aromatic N) is 1. The molecule has 0 saturated heterocycles. The first-order chi connectivity index (χ1) is 19.3. The van der Waals surface area contributed by atoms with Crippen LogP contribution >= 0.6 is 0 Å². The molecule has 216 valence electrons. The standard InChI is InChI=1S/C30H41N5O4S/c1-2-3-4-5-6-7-18-34-30(37)35-26-14-15-29(40(31,38)39)27(20-26)24-12-10-23(11-13-24)16-19-33-22-28(36)25-9-8-17-32-21-25/h8-15,17,20-21,28,33,36H,2-7,16,18-19,22H2,1H3,(H2,31,38,39)(H2,34,35,37). The Kier molecular flexibility index (Phi) is 12.5. The molecule has 9 nitrogen and oxygen atoms in total. The highest BCUT2D eigenvalue weighted by Gasteiger charge is 2.17. The lowest BCUT2D eigenvalue weighted by atomic mass is 10.0. The number of anilines is 1. The molecule has 10 heteroatoms. The lowest BCUT2D eigenvalue weighted by molar-refractivity contribution is 0.174. The average molecular weight is 568 g/mol. The number of amides is 2. The number of urea groups is 1. The van der Waals surface area contributed by atoms with Gasteiger partial charge in [0.15, 0.2) is 0 Å². The van der Waals surface area contributed by atoms with E-state index in [1.807, 2.05) is 30.3 Å². The summed E-state index contributed by atoms with van der Waals surface area (Å²) in [5.41, 5.74) is 3.37. The van der Waals surface area contributed by atoms with E-state index in [9.17, 15) is 18.3 Å². The van der Waals surface area contributed by atoms with Crippen molar-refractivity contribution in [2.45, 2.75) is 62.9 Å². The number of pyridine rings is 1. The van der Waals surface area contributed by atoms with Crippen LogP contribution in [0.25, 0.3) is 11.1 Å². The molecule has 6 N–H and O–H groups in total. The van der Waals surface area contributed by atoms with Gasteiger partial charge >= 0.3 is 6.03 Å². The van der Waals surface area contributed by atoms with E-state index in [-0.39, 0.29) is 10.9 Å². The van der Waals surface area contributed by atoms with E-state index in [0.29, 0.717) is 36.4 Å². The van der Waals surface area contributed by atoms with Crippen LogP contribution in [0.2, 0.25) is 0 Å². The van der Waals surface area contributed by atoms with Crippen molar-refractivity contribution < 1.29 is 18.3 Å². The van der Waals surface area contributed by atoms with Gasteiger partial charge in [-0.3, -0.25) is 4.98 Å². The van der Waals surface area contributed by atoms with Crippen LogP contribution in [0.3, 0.4) is 0 Å². The van der Waals surface area contributed by atoms with Crippen LogP contribution in [0, 0.1) is 0 Å². The van der Waals surface area contributed by atoms with Gasteiger partial charge in [0.2, 0.25) is 10.0 Å². The van der Waals surface area contributed by atoms with E-state index in [4.69, 9.17) is 5.14 Å². The van der Waals surface area contributed by atoms with Gasteiger partial charge in [0, 0.05) is 42.3 Å². The summed E-state index contributed by atoms with van der Waals surface area (Å²) in [6.45, 7) is 3.83. The lowest BCUT2D eigenvalue weighted by Crippen LogP contribution is -2.29. The first-order valence-corrected chi connectivity index (χ1v) is 15.4. The third-order valence-corrected chi connectivity index (χ3v) is 7.59. The number of nitrogens with two attached hydrogens (primary N) is 1. The van der Waals surface area contributed by atoms with Gasteiger partial charge in [-0.25, -0.2) is 18.4 Å². The van der Waals surface area contributed by atoms with Crippen LogP contribution in [-0.2, 0) is 16.4 Å². The topological polar surface area (TPSA) is 146 Å². The normalized spacial score (nSPS) is 12.2. The molecule has 0 spiro atoms. The largest absolute Gasteiger partial charge is 0.387 e. The monoisotopic (exact) mass is 567 g/mol. The van der Waals surface area contributed by atoms with Gasteiger partial charge in [0.05, 0.1) is 11.0 Å². The van der Waals surface area contributed by atoms with E-state index in [1.165, 1.54) is 37.8 Å². The third-order valence-electron chi connectivity index (χ3n) is 6.62. The minimum atomic E-state index is -3.98. The minimum absolute atomic E-state index is 0.00987. The fraction of sp³-hybridized carbons (Fsp3) is 0.400. The molecule has 0 radical (unpaired) electrons. The average Bonchev–Trinajstić information content (AvgIpc) is 2.95. The van der Waals surface area contributed by atoms with Gasteiger partial charge in [0.1, 0.15) is 0 Å². The van der Waals surface area contributed by atoms with Crippen LogP contribution in [0.1, 0.15) is 62.7 Å². The number of benzene rings is 2. The zero-order chi connectivity index (χ0) is 28.8. The number of primary sulfonamides is 1. The predicted molar refractivity (Wildman–Crippen MR) is 159 cm³/mol. The van der Waals surface area contributed by atoms with Crippen molar-refractivity contribution in [2.24, 2.45) is 5.14 Å². The Hall–Kier alpha value is -3.31. The van der Waals surface area contributed by atoms with Gasteiger partial charge in [-0.05, 0) is 54.8 Å². The van der Waals surface area contributed by atoms with Gasteiger partial charge in [-0.2, -0.15) is 0 Å². The van der Waals surface area contributed by atoms with Crippen LogP contribution in [-0.4, -0.2) is 44.2 Å². The van der Waals surface area contributed by atoms with E-state index in [2.05, 4.69) is 27.9 Å². The van der Waals surface area contributed by atoms with Crippen molar-refractivity contribution in [3.63, 3.8) is 0 Å². The molecule has 0 aliphatic heterocycles. The molecule has 0 aliphatic carbocycles. The Morgan fingerprint density at radius 1 is 1.00 bits per heavy atom. The Bertz CT molecular complexity index is 1300. The first kappa shape index (κ1) is 31.2. The molecular weight excluding hydrogens is 526 g/mol. The van der Waals surface area contributed by atoms with E-state index < -0.39 is 16.1 Å². The van der Waals surface area contributed by atoms with Gasteiger partial charge in [-0.15, -0.1) is 0 Å². The second kappa shape index (κ2) is 16.1. The Morgan fingerprint density at radius 2 is 1.75 bits per heavy atom. The molecule has 1 heterocycles. The zero-order valence-corrected chi connectivity index (χ0v) is 23.9. The highest BCUT2D eigenvalue weighted by Crippen LogP contribution is 2.30. The summed E-state index contributed by atoms with van der Waals surface area (Å²) in [6.07, 6.45) is 10.2. The quantitative estimate of drug-likeness (QED) is 0.158. The molecule has 2 amide bonds. The molecular formula is C30H41N5O4S. The number of unbranched alkanes of at least 4 members (excludes halogenated alkanes) is 5. The van der Waals surface area contributed by atoms with Crippen LogP contribution in [0.15, 0.2) is 71.9 Å². The number of sulfonamides is 1. The number of aliphatic hydroxyl groups excluding tert-OH is 1. The molecule has 40 heavy (non-hydrogen) atoms. The second-order valence-corrected chi connectivity index (χ2v) is 11.4. The van der Waals surface area contributed by atoms with Crippen LogP contribution < -0.4 is 21.1 Å². The fourth-order valence-corrected chi connectivity index (χ4v) is 5.12.